The first kappa shape index (κ1) is 20.7. The molecule has 0 aromatic heterocycles. The predicted molar refractivity (Wildman–Crippen MR) is 125 cm³/mol. The quantitative estimate of drug-likeness (QED) is 0.294. The Morgan fingerprint density at radius 3 is 2.20 bits per heavy atom. The number of fused-ring (bicyclic) bond motifs is 3. The maximum Gasteiger partial charge on any atom is 0.143 e. The fourth-order valence-electron chi connectivity index (χ4n) is 4.16. The standard InChI is InChI=1S/C28H26ClF/c1-2-3-4-5-6-20-9-14-25-23(17-20)12-13-24-18-21(10-15-26(24)25)7-8-22-11-16-27(29)28(30)19-22/h9-11,14-19H,2-6,12-13H2,1H3. The second-order valence-electron chi connectivity index (χ2n) is 8.05. The number of aryl methyl sites for hydroxylation is 3. The lowest BCUT2D eigenvalue weighted by atomic mass is 9.83. The first-order valence-corrected chi connectivity index (χ1v) is 11.2. The van der Waals surface area contributed by atoms with Gasteiger partial charge >= 0.3 is 0 Å². The third-order valence-corrected chi connectivity index (χ3v) is 6.13. The number of benzene rings is 3. The average Bonchev–Trinajstić information content (AvgIpc) is 2.77. The molecule has 0 fully saturated rings. The van der Waals surface area contributed by atoms with Crippen LogP contribution in [0, 0.1) is 17.7 Å². The van der Waals surface area contributed by atoms with Crippen LogP contribution >= 0.6 is 11.6 Å². The zero-order valence-electron chi connectivity index (χ0n) is 17.4. The molecule has 0 N–H and O–H groups in total. The number of rotatable bonds is 5. The summed E-state index contributed by atoms with van der Waals surface area (Å²) in [6.07, 6.45) is 8.50. The topological polar surface area (TPSA) is 0 Å². The van der Waals surface area contributed by atoms with Crippen LogP contribution in [0.4, 0.5) is 4.39 Å². The Labute approximate surface area is 184 Å². The summed E-state index contributed by atoms with van der Waals surface area (Å²) in [6, 6.07) is 18.1. The number of unbranched alkanes of at least 4 members (excludes halogenated alkanes) is 3. The number of halogens is 2. The molecule has 0 unspecified atom stereocenters. The summed E-state index contributed by atoms with van der Waals surface area (Å²) in [5.41, 5.74) is 8.53. The highest BCUT2D eigenvalue weighted by Crippen LogP contribution is 2.34. The molecule has 3 aromatic rings. The molecule has 4 rings (SSSR count). The van der Waals surface area contributed by atoms with Crippen molar-refractivity contribution in [2.45, 2.75) is 51.9 Å². The molecule has 2 heteroatoms. The largest absolute Gasteiger partial charge is 0.205 e. The molecule has 0 nitrogen and oxygen atoms in total. The summed E-state index contributed by atoms with van der Waals surface area (Å²) in [6.45, 7) is 2.25. The van der Waals surface area contributed by atoms with Crippen LogP contribution in [0.3, 0.4) is 0 Å². The van der Waals surface area contributed by atoms with E-state index in [0.717, 1.165) is 18.4 Å². The summed E-state index contributed by atoms with van der Waals surface area (Å²) < 4.78 is 13.6. The Kier molecular flexibility index (Phi) is 6.56. The summed E-state index contributed by atoms with van der Waals surface area (Å²) >= 11 is 5.74. The van der Waals surface area contributed by atoms with Gasteiger partial charge in [0.1, 0.15) is 5.82 Å². The van der Waals surface area contributed by atoms with Crippen LogP contribution in [0.2, 0.25) is 5.02 Å². The van der Waals surface area contributed by atoms with Crippen molar-refractivity contribution in [1.29, 1.82) is 0 Å². The number of hydrogen-bond acceptors (Lipinski definition) is 0. The Balaban J connectivity index is 1.52. The van der Waals surface area contributed by atoms with Gasteiger partial charge in [-0.1, -0.05) is 73.9 Å². The van der Waals surface area contributed by atoms with Crippen LogP contribution in [0.25, 0.3) is 11.1 Å². The lowest BCUT2D eigenvalue weighted by molar-refractivity contribution is 0.628. The van der Waals surface area contributed by atoms with Crippen LogP contribution in [0.5, 0.6) is 0 Å². The average molecular weight is 417 g/mol. The fourth-order valence-corrected chi connectivity index (χ4v) is 4.27. The molecule has 0 radical (unpaired) electrons. The van der Waals surface area contributed by atoms with Gasteiger partial charge in [-0.2, -0.15) is 0 Å². The highest BCUT2D eigenvalue weighted by molar-refractivity contribution is 6.30. The van der Waals surface area contributed by atoms with E-state index in [9.17, 15) is 4.39 Å². The molecule has 0 aliphatic heterocycles. The van der Waals surface area contributed by atoms with Crippen molar-refractivity contribution in [1.82, 2.24) is 0 Å². The lowest BCUT2D eigenvalue weighted by Gasteiger charge is -2.21. The van der Waals surface area contributed by atoms with Gasteiger partial charge in [-0.05, 0) is 83.8 Å². The highest BCUT2D eigenvalue weighted by atomic mass is 35.5. The maximum atomic E-state index is 13.6. The van der Waals surface area contributed by atoms with E-state index in [2.05, 4.69) is 55.2 Å². The predicted octanol–water partition coefficient (Wildman–Crippen LogP) is 7.77. The number of hydrogen-bond donors (Lipinski definition) is 0. The van der Waals surface area contributed by atoms with E-state index in [4.69, 9.17) is 11.6 Å². The zero-order chi connectivity index (χ0) is 20.9. The summed E-state index contributed by atoms with van der Waals surface area (Å²) in [5, 5.41) is 0.122. The molecule has 1 aliphatic carbocycles. The monoisotopic (exact) mass is 416 g/mol. The van der Waals surface area contributed by atoms with Crippen molar-refractivity contribution in [3.8, 4) is 23.0 Å². The SMILES string of the molecule is CCCCCCc1ccc2c(c1)CCc1cc(C#Cc3ccc(Cl)c(F)c3)ccc1-2. The van der Waals surface area contributed by atoms with E-state index in [0.29, 0.717) is 5.56 Å². The molecule has 3 aromatic carbocycles. The Bertz CT molecular complexity index is 1120. The lowest BCUT2D eigenvalue weighted by Crippen LogP contribution is -2.05. The van der Waals surface area contributed by atoms with Gasteiger partial charge in [-0.3, -0.25) is 0 Å². The van der Waals surface area contributed by atoms with Gasteiger partial charge in [0.05, 0.1) is 5.02 Å². The highest BCUT2D eigenvalue weighted by Gasteiger charge is 2.16. The minimum atomic E-state index is -0.435. The summed E-state index contributed by atoms with van der Waals surface area (Å²) in [4.78, 5) is 0. The first-order chi connectivity index (χ1) is 14.6. The van der Waals surface area contributed by atoms with Crippen molar-refractivity contribution in [2.75, 3.05) is 0 Å². The second-order valence-corrected chi connectivity index (χ2v) is 8.46. The fraction of sp³-hybridized carbons (Fsp3) is 0.286. The van der Waals surface area contributed by atoms with Gasteiger partial charge in [0, 0.05) is 11.1 Å². The van der Waals surface area contributed by atoms with Gasteiger partial charge in [0.15, 0.2) is 0 Å². The van der Waals surface area contributed by atoms with Crippen LogP contribution in [-0.2, 0) is 19.3 Å². The molecule has 0 saturated heterocycles. The van der Waals surface area contributed by atoms with Gasteiger partial charge in [0.25, 0.3) is 0 Å². The van der Waals surface area contributed by atoms with Crippen molar-refractivity contribution < 1.29 is 4.39 Å². The van der Waals surface area contributed by atoms with Crippen molar-refractivity contribution >= 4 is 11.6 Å². The van der Waals surface area contributed by atoms with E-state index in [1.807, 2.05) is 0 Å². The molecule has 0 bridgehead atoms. The third-order valence-electron chi connectivity index (χ3n) is 5.82. The Morgan fingerprint density at radius 1 is 0.800 bits per heavy atom. The van der Waals surface area contributed by atoms with E-state index >= 15 is 0 Å². The Hall–Kier alpha value is -2.56. The molecule has 0 amide bonds. The summed E-state index contributed by atoms with van der Waals surface area (Å²) in [5.74, 6) is 5.77. The molecule has 0 spiro atoms. The van der Waals surface area contributed by atoms with Crippen molar-refractivity contribution in [2.24, 2.45) is 0 Å². The normalized spacial score (nSPS) is 12.0. The smallest absolute Gasteiger partial charge is 0.143 e. The third kappa shape index (κ3) is 4.77. The van der Waals surface area contributed by atoms with Gasteiger partial charge < -0.3 is 0 Å². The molecule has 1 aliphatic rings. The molecule has 0 heterocycles. The van der Waals surface area contributed by atoms with E-state index < -0.39 is 5.82 Å². The molecule has 0 saturated carbocycles. The molecular formula is C28H26ClF. The molecular weight excluding hydrogens is 391 g/mol. The molecule has 0 atom stereocenters. The second kappa shape index (κ2) is 9.50. The van der Waals surface area contributed by atoms with Crippen LogP contribution in [0.1, 0.15) is 60.4 Å². The zero-order valence-corrected chi connectivity index (χ0v) is 18.2. The van der Waals surface area contributed by atoms with Crippen molar-refractivity contribution in [3.05, 3.63) is 93.3 Å². The Morgan fingerprint density at radius 2 is 1.47 bits per heavy atom. The van der Waals surface area contributed by atoms with Gasteiger partial charge in [-0.15, -0.1) is 0 Å². The summed E-state index contributed by atoms with van der Waals surface area (Å²) in [7, 11) is 0. The van der Waals surface area contributed by atoms with Crippen molar-refractivity contribution in [3.63, 3.8) is 0 Å². The van der Waals surface area contributed by atoms with Crippen LogP contribution in [-0.4, -0.2) is 0 Å². The van der Waals surface area contributed by atoms with E-state index in [-0.39, 0.29) is 5.02 Å². The van der Waals surface area contributed by atoms with Crippen LogP contribution in [0.15, 0.2) is 54.6 Å². The molecule has 152 valence electrons. The minimum absolute atomic E-state index is 0.122. The van der Waals surface area contributed by atoms with Crippen LogP contribution < -0.4 is 0 Å². The van der Waals surface area contributed by atoms with Gasteiger partial charge in [0.2, 0.25) is 0 Å². The first-order valence-electron chi connectivity index (χ1n) is 10.9. The maximum absolute atomic E-state index is 13.6. The van der Waals surface area contributed by atoms with E-state index in [1.165, 1.54) is 66.0 Å². The van der Waals surface area contributed by atoms with Gasteiger partial charge in [-0.25, -0.2) is 4.39 Å². The minimum Gasteiger partial charge on any atom is -0.205 e. The molecule has 30 heavy (non-hydrogen) atoms. The van der Waals surface area contributed by atoms with E-state index in [1.54, 1.807) is 12.1 Å².